The van der Waals surface area contributed by atoms with Crippen LogP contribution >= 0.6 is 27.5 Å². The van der Waals surface area contributed by atoms with Crippen molar-refractivity contribution in [3.8, 4) is 5.75 Å². The maximum atomic E-state index is 12.5. The molecule has 2 aliphatic rings. The Labute approximate surface area is 177 Å². The number of aromatic nitrogens is 2. The zero-order valence-corrected chi connectivity index (χ0v) is 18.8. The Morgan fingerprint density at radius 3 is 2.86 bits per heavy atom. The van der Waals surface area contributed by atoms with Crippen molar-refractivity contribution in [2.24, 2.45) is 7.05 Å². The van der Waals surface area contributed by atoms with Crippen LogP contribution in [0.15, 0.2) is 10.7 Å². The van der Waals surface area contributed by atoms with Gasteiger partial charge in [0.05, 0.1) is 15.5 Å². The molecule has 0 aliphatic carbocycles. The first kappa shape index (κ1) is 19.8. The minimum atomic E-state index is -0.505. The first-order chi connectivity index (χ1) is 13.1. The highest BCUT2D eigenvalue weighted by Crippen LogP contribution is 2.44. The number of amides is 1. The van der Waals surface area contributed by atoms with E-state index in [1.807, 2.05) is 34.0 Å². The van der Waals surface area contributed by atoms with Gasteiger partial charge in [0.1, 0.15) is 23.5 Å². The molecule has 0 unspecified atom stereocenters. The Bertz CT molecular complexity index is 940. The molecule has 1 amide bonds. The van der Waals surface area contributed by atoms with Gasteiger partial charge >= 0.3 is 6.09 Å². The summed E-state index contributed by atoms with van der Waals surface area (Å²) in [6.45, 7) is 8.71. The van der Waals surface area contributed by atoms with Gasteiger partial charge in [-0.2, -0.15) is 5.10 Å². The number of ether oxygens (including phenoxy) is 2. The van der Waals surface area contributed by atoms with Crippen molar-refractivity contribution in [2.45, 2.75) is 39.0 Å². The van der Waals surface area contributed by atoms with Crippen LogP contribution in [-0.4, -0.2) is 63.6 Å². The van der Waals surface area contributed by atoms with Crippen LogP contribution < -0.4 is 4.74 Å². The van der Waals surface area contributed by atoms with E-state index in [0.717, 1.165) is 27.5 Å². The average Bonchev–Trinajstić information content (AvgIpc) is 2.89. The van der Waals surface area contributed by atoms with Crippen LogP contribution in [0, 0.1) is 0 Å². The van der Waals surface area contributed by atoms with Crippen molar-refractivity contribution < 1.29 is 14.3 Å². The molecule has 4 rings (SSSR count). The van der Waals surface area contributed by atoms with Gasteiger partial charge in [-0.1, -0.05) is 11.6 Å². The van der Waals surface area contributed by atoms with E-state index >= 15 is 0 Å². The summed E-state index contributed by atoms with van der Waals surface area (Å²) in [5.74, 6) is 0.679. The number of hydrogen-bond donors (Lipinski definition) is 0. The molecule has 1 aromatic heterocycles. The van der Waals surface area contributed by atoms with Crippen LogP contribution in [-0.2, 0) is 18.3 Å². The Morgan fingerprint density at radius 2 is 2.14 bits per heavy atom. The Kier molecular flexibility index (Phi) is 5.00. The van der Waals surface area contributed by atoms with Gasteiger partial charge in [-0.15, -0.1) is 0 Å². The third-order valence-electron chi connectivity index (χ3n) is 5.05. The number of carbonyl (C=O) groups excluding carboxylic acids is 1. The highest BCUT2D eigenvalue weighted by Gasteiger charge is 2.36. The summed E-state index contributed by atoms with van der Waals surface area (Å²) in [6, 6.07) is 0.0715. The maximum absolute atomic E-state index is 12.5. The van der Waals surface area contributed by atoms with E-state index in [1.165, 1.54) is 0 Å². The summed E-state index contributed by atoms with van der Waals surface area (Å²) < 4.78 is 14.3. The van der Waals surface area contributed by atoms with Crippen LogP contribution in [0.2, 0.25) is 5.02 Å². The lowest BCUT2D eigenvalue weighted by Crippen LogP contribution is -2.56. The van der Waals surface area contributed by atoms with Crippen LogP contribution in [0.25, 0.3) is 10.9 Å². The highest BCUT2D eigenvalue weighted by atomic mass is 79.9. The number of halogens is 2. The van der Waals surface area contributed by atoms with Gasteiger partial charge < -0.3 is 14.4 Å². The van der Waals surface area contributed by atoms with Crippen molar-refractivity contribution in [2.75, 3.05) is 26.2 Å². The normalized spacial score (nSPS) is 20.4. The van der Waals surface area contributed by atoms with Crippen molar-refractivity contribution in [1.29, 1.82) is 0 Å². The first-order valence-electron chi connectivity index (χ1n) is 9.32. The lowest BCUT2D eigenvalue weighted by molar-refractivity contribution is -0.00151. The van der Waals surface area contributed by atoms with Gasteiger partial charge in [0.25, 0.3) is 0 Å². The fraction of sp³-hybridized carbons (Fsp3) is 0.579. The lowest BCUT2D eigenvalue weighted by Gasteiger charge is -2.40. The van der Waals surface area contributed by atoms with Crippen molar-refractivity contribution in [3.63, 3.8) is 0 Å². The molecular weight excluding hydrogens is 448 g/mol. The molecule has 1 aromatic carbocycles. The number of aryl methyl sites for hydroxylation is 1. The molecule has 0 N–H and O–H groups in total. The highest BCUT2D eigenvalue weighted by molar-refractivity contribution is 9.10. The number of benzene rings is 1. The van der Waals surface area contributed by atoms with E-state index in [2.05, 4.69) is 25.9 Å². The van der Waals surface area contributed by atoms with E-state index in [4.69, 9.17) is 21.1 Å². The second-order valence-corrected chi connectivity index (χ2v) is 9.53. The summed E-state index contributed by atoms with van der Waals surface area (Å²) in [4.78, 5) is 16.6. The third-order valence-corrected chi connectivity index (χ3v) is 6.47. The summed E-state index contributed by atoms with van der Waals surface area (Å²) >= 11 is 10.2. The molecule has 2 aromatic rings. The van der Waals surface area contributed by atoms with Crippen LogP contribution in [0.5, 0.6) is 5.75 Å². The third kappa shape index (κ3) is 3.57. The quantitative estimate of drug-likeness (QED) is 0.585. The predicted octanol–water partition coefficient (Wildman–Crippen LogP) is 3.80. The Balaban J connectivity index is 1.61. The minimum Gasteiger partial charge on any atom is -0.490 e. The molecule has 0 radical (unpaired) electrons. The van der Waals surface area contributed by atoms with Gasteiger partial charge in [0.15, 0.2) is 0 Å². The van der Waals surface area contributed by atoms with Crippen molar-refractivity contribution in [1.82, 2.24) is 19.6 Å². The van der Waals surface area contributed by atoms with Crippen LogP contribution in [0.1, 0.15) is 26.3 Å². The van der Waals surface area contributed by atoms with E-state index in [9.17, 15) is 4.79 Å². The lowest BCUT2D eigenvalue weighted by atomic mass is 10.1. The van der Waals surface area contributed by atoms with E-state index in [1.54, 1.807) is 9.58 Å². The maximum Gasteiger partial charge on any atom is 0.410 e. The molecule has 0 spiro atoms. The number of carbonyl (C=O) groups is 1. The van der Waals surface area contributed by atoms with E-state index in [-0.39, 0.29) is 12.1 Å². The topological polar surface area (TPSA) is 59.8 Å². The van der Waals surface area contributed by atoms with Gasteiger partial charge in [0, 0.05) is 50.4 Å². The fourth-order valence-electron chi connectivity index (χ4n) is 3.76. The fourth-order valence-corrected chi connectivity index (χ4v) is 4.50. The summed E-state index contributed by atoms with van der Waals surface area (Å²) in [6.07, 6.45) is 1.68. The standard InChI is InChI=1S/C19H24BrClN4O3/c1-19(2,3)28-18(26)25-6-5-24-9-13-16-12(8-23(4)22-16)14(20)15(21)17(13)27-10-11(24)7-25/h8,11H,5-7,9-10H2,1-4H3/t11-/m1/s1. The van der Waals surface area contributed by atoms with Crippen LogP contribution in [0.3, 0.4) is 0 Å². The molecule has 9 heteroatoms. The zero-order valence-electron chi connectivity index (χ0n) is 16.5. The molecule has 1 saturated heterocycles. The summed E-state index contributed by atoms with van der Waals surface area (Å²) in [5.41, 5.74) is 1.38. The smallest absolute Gasteiger partial charge is 0.410 e. The molecule has 1 fully saturated rings. The van der Waals surface area contributed by atoms with E-state index < -0.39 is 5.60 Å². The van der Waals surface area contributed by atoms with Crippen molar-refractivity contribution in [3.05, 3.63) is 21.3 Å². The van der Waals surface area contributed by atoms with Gasteiger partial charge in [0.2, 0.25) is 0 Å². The molecule has 7 nitrogen and oxygen atoms in total. The second-order valence-electron chi connectivity index (χ2n) is 8.36. The first-order valence-corrected chi connectivity index (χ1v) is 10.5. The molecule has 0 bridgehead atoms. The monoisotopic (exact) mass is 470 g/mol. The average molecular weight is 472 g/mol. The SMILES string of the molecule is Cn1cc2c(Br)c(Cl)c3c(c2n1)CN1CCN(C(=O)OC(C)(C)C)C[C@@H]1CO3. The number of hydrogen-bond acceptors (Lipinski definition) is 5. The predicted molar refractivity (Wildman–Crippen MR) is 111 cm³/mol. The second kappa shape index (κ2) is 7.07. The number of fused-ring (bicyclic) bond motifs is 4. The zero-order chi connectivity index (χ0) is 20.2. The number of nitrogens with zero attached hydrogens (tertiary/aromatic N) is 4. The van der Waals surface area contributed by atoms with E-state index in [0.29, 0.717) is 37.0 Å². The molecule has 2 aliphatic heterocycles. The Hall–Kier alpha value is -1.51. The van der Waals surface area contributed by atoms with Gasteiger partial charge in [-0.3, -0.25) is 9.58 Å². The van der Waals surface area contributed by atoms with Crippen LogP contribution in [0.4, 0.5) is 4.79 Å². The van der Waals surface area contributed by atoms with Gasteiger partial charge in [-0.05, 0) is 36.7 Å². The largest absolute Gasteiger partial charge is 0.490 e. The molecule has 28 heavy (non-hydrogen) atoms. The molecule has 1 atom stereocenters. The molecule has 0 saturated carbocycles. The minimum absolute atomic E-state index is 0.0715. The van der Waals surface area contributed by atoms with Gasteiger partial charge in [-0.25, -0.2) is 4.79 Å². The summed E-state index contributed by atoms with van der Waals surface area (Å²) in [7, 11) is 1.90. The Morgan fingerprint density at radius 1 is 1.39 bits per heavy atom. The molecule has 152 valence electrons. The number of piperazine rings is 1. The molecular formula is C19H24BrClN4O3. The summed E-state index contributed by atoms with van der Waals surface area (Å²) in [5, 5.41) is 6.17. The molecule has 3 heterocycles. The van der Waals surface area contributed by atoms with Crippen molar-refractivity contribution >= 4 is 44.5 Å². The number of rotatable bonds is 0.